The number of hydrazone groups is 1. The van der Waals surface area contributed by atoms with Crippen molar-refractivity contribution in [3.63, 3.8) is 0 Å². The lowest BCUT2D eigenvalue weighted by Crippen LogP contribution is -2.36. The minimum atomic E-state index is -4.90. The van der Waals surface area contributed by atoms with Crippen LogP contribution in [0.1, 0.15) is 30.9 Å². The van der Waals surface area contributed by atoms with Crippen LogP contribution in [0.5, 0.6) is 11.5 Å². The number of alkyl halides is 3. The third-order valence-corrected chi connectivity index (χ3v) is 4.98. The van der Waals surface area contributed by atoms with Crippen LogP contribution in [0.3, 0.4) is 0 Å². The van der Waals surface area contributed by atoms with Crippen molar-refractivity contribution in [1.29, 1.82) is 0 Å². The number of benzene rings is 2. The second kappa shape index (κ2) is 9.25. The predicted molar refractivity (Wildman–Crippen MR) is 108 cm³/mol. The summed E-state index contributed by atoms with van der Waals surface area (Å²) in [5.41, 5.74) is 1.36. The van der Waals surface area contributed by atoms with E-state index in [9.17, 15) is 28.1 Å². The maximum absolute atomic E-state index is 12.8. The average Bonchev–Trinajstić information content (AvgIpc) is 2.74. The highest BCUT2D eigenvalue weighted by molar-refractivity contribution is 6.06. The van der Waals surface area contributed by atoms with Gasteiger partial charge in [0.2, 0.25) is 5.91 Å². The van der Waals surface area contributed by atoms with E-state index in [0.29, 0.717) is 23.3 Å². The fourth-order valence-corrected chi connectivity index (χ4v) is 3.37. The van der Waals surface area contributed by atoms with Crippen molar-refractivity contribution in [3.8, 4) is 11.5 Å². The fourth-order valence-electron chi connectivity index (χ4n) is 3.37. The van der Waals surface area contributed by atoms with Gasteiger partial charge in [-0.25, -0.2) is 5.01 Å². The third kappa shape index (κ3) is 5.34. The number of nitrogens with zero attached hydrogens (tertiary/aromatic N) is 3. The van der Waals surface area contributed by atoms with Gasteiger partial charge in [0.1, 0.15) is 0 Å². The number of hydrogen-bond acceptors (Lipinski definition) is 6. The summed E-state index contributed by atoms with van der Waals surface area (Å²) in [6, 6.07) is 9.80. The molecule has 1 heterocycles. The minimum absolute atomic E-state index is 0.0683. The molecular formula is C21H20F3N3O5. The Kier molecular flexibility index (Phi) is 6.66. The van der Waals surface area contributed by atoms with E-state index in [1.54, 1.807) is 6.07 Å². The van der Waals surface area contributed by atoms with Gasteiger partial charge in [-0.2, -0.15) is 5.10 Å². The van der Waals surface area contributed by atoms with E-state index >= 15 is 0 Å². The Morgan fingerprint density at radius 3 is 2.44 bits per heavy atom. The molecule has 0 N–H and O–H groups in total. The molecule has 32 heavy (non-hydrogen) atoms. The summed E-state index contributed by atoms with van der Waals surface area (Å²) in [4.78, 5) is 22.9. The summed E-state index contributed by atoms with van der Waals surface area (Å²) in [5, 5.41) is 16.5. The van der Waals surface area contributed by atoms with Gasteiger partial charge in [-0.3, -0.25) is 14.9 Å². The number of methoxy groups -OCH3 is 1. The van der Waals surface area contributed by atoms with Gasteiger partial charge in [-0.15, -0.1) is 13.2 Å². The van der Waals surface area contributed by atoms with Gasteiger partial charge in [0.25, 0.3) is 5.69 Å². The van der Waals surface area contributed by atoms with Gasteiger partial charge in [0, 0.05) is 30.0 Å². The van der Waals surface area contributed by atoms with Crippen LogP contribution in [-0.4, -0.2) is 35.0 Å². The molecule has 0 fully saturated rings. The van der Waals surface area contributed by atoms with Crippen molar-refractivity contribution in [2.24, 2.45) is 11.0 Å². The van der Waals surface area contributed by atoms with E-state index < -0.39 is 17.0 Å². The molecular weight excluding hydrogens is 431 g/mol. The number of amides is 1. The molecule has 8 nitrogen and oxygen atoms in total. The van der Waals surface area contributed by atoms with Crippen molar-refractivity contribution in [3.05, 3.63) is 63.7 Å². The standard InChI is InChI=1S/C21H20F3N3O5/c1-3-14-11-19(28)26(12-13-4-7-16(8-5-13)27(29)30)25-20(14)15-6-9-17(31-2)18(10-15)32-21(22,23)24/h4-10,14H,3,11-12H2,1-2H3. The first-order valence-corrected chi connectivity index (χ1v) is 9.67. The highest BCUT2D eigenvalue weighted by Gasteiger charge is 2.34. The minimum Gasteiger partial charge on any atom is -0.493 e. The van der Waals surface area contributed by atoms with E-state index in [0.717, 1.165) is 0 Å². The molecule has 170 valence electrons. The van der Waals surface area contributed by atoms with Crippen LogP contribution in [-0.2, 0) is 11.3 Å². The number of carbonyl (C=O) groups excluding carboxylic acids is 1. The number of ether oxygens (including phenoxy) is 2. The van der Waals surface area contributed by atoms with E-state index in [2.05, 4.69) is 9.84 Å². The van der Waals surface area contributed by atoms with Crippen molar-refractivity contribution >= 4 is 17.3 Å². The molecule has 3 rings (SSSR count). The largest absolute Gasteiger partial charge is 0.573 e. The molecule has 1 unspecified atom stereocenters. The molecule has 0 aliphatic carbocycles. The summed E-state index contributed by atoms with van der Waals surface area (Å²) < 4.78 is 47.5. The Balaban J connectivity index is 1.95. The van der Waals surface area contributed by atoms with E-state index in [4.69, 9.17) is 4.74 Å². The smallest absolute Gasteiger partial charge is 0.493 e. The summed E-state index contributed by atoms with van der Waals surface area (Å²) in [7, 11) is 1.23. The zero-order valence-electron chi connectivity index (χ0n) is 17.3. The van der Waals surface area contributed by atoms with Gasteiger partial charge in [0.05, 0.1) is 24.3 Å². The topological polar surface area (TPSA) is 94.3 Å². The maximum Gasteiger partial charge on any atom is 0.573 e. The molecule has 1 amide bonds. The highest BCUT2D eigenvalue weighted by atomic mass is 19.4. The number of halogens is 3. The van der Waals surface area contributed by atoms with Crippen LogP contribution < -0.4 is 9.47 Å². The Hall–Kier alpha value is -3.63. The Bertz CT molecular complexity index is 1040. The molecule has 11 heteroatoms. The summed E-state index contributed by atoms with van der Waals surface area (Å²) in [6.07, 6.45) is -4.22. The first kappa shape index (κ1) is 23.0. The van der Waals surface area contributed by atoms with E-state index in [-0.39, 0.29) is 36.2 Å². The van der Waals surface area contributed by atoms with Crippen molar-refractivity contribution in [2.75, 3.05) is 7.11 Å². The summed E-state index contributed by atoms with van der Waals surface area (Å²) in [5.74, 6) is -1.13. The Morgan fingerprint density at radius 1 is 1.19 bits per heavy atom. The molecule has 0 bridgehead atoms. The first-order valence-electron chi connectivity index (χ1n) is 9.67. The number of rotatable bonds is 7. The third-order valence-electron chi connectivity index (χ3n) is 4.98. The normalized spacial score (nSPS) is 16.5. The number of hydrogen-bond donors (Lipinski definition) is 0. The number of nitro benzene ring substituents is 1. The van der Waals surface area contributed by atoms with Gasteiger partial charge in [-0.05, 0) is 30.2 Å². The highest BCUT2D eigenvalue weighted by Crippen LogP contribution is 2.35. The van der Waals surface area contributed by atoms with Gasteiger partial charge >= 0.3 is 6.36 Å². The lowest BCUT2D eigenvalue weighted by molar-refractivity contribution is -0.384. The molecule has 0 saturated carbocycles. The molecule has 0 saturated heterocycles. The lowest BCUT2D eigenvalue weighted by atomic mass is 9.89. The van der Waals surface area contributed by atoms with Crippen LogP contribution in [0.15, 0.2) is 47.6 Å². The quantitative estimate of drug-likeness (QED) is 0.451. The van der Waals surface area contributed by atoms with E-state index in [1.165, 1.54) is 48.5 Å². The van der Waals surface area contributed by atoms with Crippen LogP contribution >= 0.6 is 0 Å². The molecule has 1 atom stereocenters. The molecule has 0 aromatic heterocycles. The van der Waals surface area contributed by atoms with Crippen LogP contribution in [0.2, 0.25) is 0 Å². The summed E-state index contributed by atoms with van der Waals surface area (Å²) >= 11 is 0. The van der Waals surface area contributed by atoms with Gasteiger partial charge in [-0.1, -0.05) is 19.1 Å². The molecule has 2 aromatic rings. The predicted octanol–water partition coefficient (Wildman–Crippen LogP) is 4.66. The second-order valence-corrected chi connectivity index (χ2v) is 7.08. The average molecular weight is 451 g/mol. The van der Waals surface area contributed by atoms with Crippen LogP contribution in [0.4, 0.5) is 18.9 Å². The Morgan fingerprint density at radius 2 is 1.88 bits per heavy atom. The lowest BCUT2D eigenvalue weighted by Gasteiger charge is -2.29. The van der Waals surface area contributed by atoms with Crippen molar-refractivity contribution < 1.29 is 32.4 Å². The van der Waals surface area contributed by atoms with Gasteiger partial charge < -0.3 is 9.47 Å². The zero-order chi connectivity index (χ0) is 23.5. The monoisotopic (exact) mass is 451 g/mol. The van der Waals surface area contributed by atoms with Crippen molar-refractivity contribution in [1.82, 2.24) is 5.01 Å². The molecule has 1 aliphatic heterocycles. The Labute approximate surface area is 181 Å². The summed E-state index contributed by atoms with van der Waals surface area (Å²) in [6.45, 7) is 1.93. The first-order chi connectivity index (χ1) is 15.1. The molecule has 2 aromatic carbocycles. The molecule has 0 spiro atoms. The SMILES string of the molecule is CCC1CC(=O)N(Cc2ccc([N+](=O)[O-])cc2)N=C1c1ccc(OC)c(OC(F)(F)F)c1. The second-order valence-electron chi connectivity index (χ2n) is 7.08. The number of carbonyl (C=O) groups is 1. The van der Waals surface area contributed by atoms with Crippen molar-refractivity contribution in [2.45, 2.75) is 32.7 Å². The van der Waals surface area contributed by atoms with Crippen LogP contribution in [0.25, 0.3) is 0 Å². The number of nitro groups is 1. The fraction of sp³-hybridized carbons (Fsp3) is 0.333. The van der Waals surface area contributed by atoms with Crippen LogP contribution in [0, 0.1) is 16.0 Å². The molecule has 0 radical (unpaired) electrons. The molecule has 1 aliphatic rings. The van der Waals surface area contributed by atoms with E-state index in [1.807, 2.05) is 6.92 Å². The van der Waals surface area contributed by atoms with Gasteiger partial charge in [0.15, 0.2) is 11.5 Å². The maximum atomic E-state index is 12.8. The zero-order valence-corrected chi connectivity index (χ0v) is 17.3. The number of non-ortho nitro benzene ring substituents is 1.